The maximum Gasteiger partial charge on any atom is 0.0725 e. The minimum atomic E-state index is -0.422. The van der Waals surface area contributed by atoms with Gasteiger partial charge in [0.25, 0.3) is 0 Å². The molecule has 0 saturated carbocycles. The average Bonchev–Trinajstić information content (AvgIpc) is 3.67. The standard InChI is InChI=1S/C51H30/c1-2-10-31(11-3-1)36-16-9-17-41-38(36)28-29-46-50(41)43-27-24-35(30-47(43)51(46)44-18-6-4-14-39(44)40-15-5-7-19-45(40)51)37-25-22-34-21-20-32-12-8-13-33-23-26-42(37)49(34)48(32)33/h1-30H. The SMILES string of the molecule is c1ccc(-c2cccc3c4c(ccc23)C2(c3ccccc3-c3ccccc32)c2cc(-c3ccc5ccc6cccc7ccc3c5c67)ccc2-4)cc1. The summed E-state index contributed by atoms with van der Waals surface area (Å²) in [5.74, 6) is 0. The second kappa shape index (κ2) is 9.81. The van der Waals surface area contributed by atoms with Gasteiger partial charge in [0.2, 0.25) is 0 Å². The molecule has 10 aromatic rings. The molecule has 0 heterocycles. The Morgan fingerprint density at radius 2 is 0.863 bits per heavy atom. The fourth-order valence-corrected chi connectivity index (χ4v) is 10.0. The number of hydrogen-bond acceptors (Lipinski definition) is 0. The third-order valence-electron chi connectivity index (χ3n) is 12.0. The molecule has 0 aromatic heterocycles. The summed E-state index contributed by atoms with van der Waals surface area (Å²) in [4.78, 5) is 0. The summed E-state index contributed by atoms with van der Waals surface area (Å²) in [7, 11) is 0. The topological polar surface area (TPSA) is 0 Å². The first-order chi connectivity index (χ1) is 25.3. The number of rotatable bonds is 2. The first-order valence-electron chi connectivity index (χ1n) is 17.9. The minimum Gasteiger partial charge on any atom is -0.0622 e. The summed E-state index contributed by atoms with van der Waals surface area (Å²) in [5, 5.41) is 10.5. The molecule has 0 nitrogen and oxygen atoms in total. The highest BCUT2D eigenvalue weighted by molar-refractivity contribution is 6.25. The van der Waals surface area contributed by atoms with E-state index in [1.165, 1.54) is 110 Å². The molecule has 0 atom stereocenters. The zero-order chi connectivity index (χ0) is 33.3. The smallest absolute Gasteiger partial charge is 0.0622 e. The van der Waals surface area contributed by atoms with Crippen LogP contribution in [-0.2, 0) is 5.41 Å². The first-order valence-corrected chi connectivity index (χ1v) is 17.9. The van der Waals surface area contributed by atoms with E-state index < -0.39 is 5.41 Å². The van der Waals surface area contributed by atoms with Crippen LogP contribution < -0.4 is 0 Å². The summed E-state index contributed by atoms with van der Waals surface area (Å²) < 4.78 is 0. The van der Waals surface area contributed by atoms with Crippen molar-refractivity contribution in [2.24, 2.45) is 0 Å². The summed E-state index contributed by atoms with van der Waals surface area (Å²) in [5.41, 5.74) is 15.5. The van der Waals surface area contributed by atoms with Crippen molar-refractivity contribution in [2.45, 2.75) is 5.41 Å². The normalized spacial score (nSPS) is 13.6. The molecule has 0 unspecified atom stereocenters. The average molecular weight is 643 g/mol. The molecule has 0 fully saturated rings. The molecule has 0 heteroatoms. The molecule has 234 valence electrons. The van der Waals surface area contributed by atoms with E-state index in [0.29, 0.717) is 0 Å². The third-order valence-corrected chi connectivity index (χ3v) is 12.0. The Morgan fingerprint density at radius 3 is 1.65 bits per heavy atom. The van der Waals surface area contributed by atoms with Gasteiger partial charge in [-0.05, 0) is 116 Å². The minimum absolute atomic E-state index is 0.422. The van der Waals surface area contributed by atoms with Crippen LogP contribution in [0.2, 0.25) is 0 Å². The molecular formula is C51H30. The van der Waals surface area contributed by atoms with E-state index in [9.17, 15) is 0 Å². The summed E-state index contributed by atoms with van der Waals surface area (Å²) >= 11 is 0. The zero-order valence-electron chi connectivity index (χ0n) is 27.8. The Balaban J connectivity index is 1.20. The van der Waals surface area contributed by atoms with Crippen LogP contribution in [0.4, 0.5) is 0 Å². The molecular weight excluding hydrogens is 613 g/mol. The van der Waals surface area contributed by atoms with E-state index in [2.05, 4.69) is 182 Å². The first kappa shape index (κ1) is 27.3. The van der Waals surface area contributed by atoms with Crippen LogP contribution in [0.3, 0.4) is 0 Å². The second-order valence-electron chi connectivity index (χ2n) is 14.3. The van der Waals surface area contributed by atoms with E-state index in [1.807, 2.05) is 0 Å². The largest absolute Gasteiger partial charge is 0.0725 e. The highest BCUT2D eigenvalue weighted by Crippen LogP contribution is 2.64. The van der Waals surface area contributed by atoms with Crippen LogP contribution in [0, 0.1) is 0 Å². The van der Waals surface area contributed by atoms with Gasteiger partial charge in [0.05, 0.1) is 5.41 Å². The Labute approximate surface area is 296 Å². The lowest BCUT2D eigenvalue weighted by atomic mass is 9.70. The molecule has 2 aliphatic rings. The van der Waals surface area contributed by atoms with Gasteiger partial charge >= 0.3 is 0 Å². The fraction of sp³-hybridized carbons (Fsp3) is 0.0196. The van der Waals surface area contributed by atoms with Gasteiger partial charge < -0.3 is 0 Å². The number of benzene rings is 10. The summed E-state index contributed by atoms with van der Waals surface area (Å²) in [6, 6.07) is 68.6. The zero-order valence-corrected chi connectivity index (χ0v) is 27.8. The van der Waals surface area contributed by atoms with E-state index in [-0.39, 0.29) is 0 Å². The van der Waals surface area contributed by atoms with Crippen LogP contribution in [0.1, 0.15) is 22.3 Å². The quantitative estimate of drug-likeness (QED) is 0.165. The van der Waals surface area contributed by atoms with Crippen molar-refractivity contribution in [2.75, 3.05) is 0 Å². The van der Waals surface area contributed by atoms with Crippen LogP contribution in [0.25, 0.3) is 87.6 Å². The van der Waals surface area contributed by atoms with Gasteiger partial charge in [-0.25, -0.2) is 0 Å². The van der Waals surface area contributed by atoms with E-state index in [0.717, 1.165) is 0 Å². The molecule has 10 aromatic carbocycles. The lowest BCUT2D eigenvalue weighted by Gasteiger charge is -2.31. The highest BCUT2D eigenvalue weighted by Gasteiger charge is 2.52. The molecule has 0 bridgehead atoms. The maximum absolute atomic E-state index is 2.53. The van der Waals surface area contributed by atoms with E-state index in [4.69, 9.17) is 0 Å². The van der Waals surface area contributed by atoms with Gasteiger partial charge in [-0.15, -0.1) is 0 Å². The number of fused-ring (bicyclic) bond motifs is 12. The molecule has 0 amide bonds. The van der Waals surface area contributed by atoms with Crippen molar-refractivity contribution in [3.05, 3.63) is 204 Å². The Kier molecular flexibility index (Phi) is 5.26. The van der Waals surface area contributed by atoms with Gasteiger partial charge in [-0.3, -0.25) is 0 Å². The Bertz CT molecular complexity index is 3010. The van der Waals surface area contributed by atoms with Crippen LogP contribution in [0.5, 0.6) is 0 Å². The van der Waals surface area contributed by atoms with Crippen molar-refractivity contribution < 1.29 is 0 Å². The predicted octanol–water partition coefficient (Wildman–Crippen LogP) is 13.4. The monoisotopic (exact) mass is 642 g/mol. The Morgan fingerprint density at radius 1 is 0.275 bits per heavy atom. The van der Waals surface area contributed by atoms with Gasteiger partial charge in [0, 0.05) is 0 Å². The number of hydrogen-bond donors (Lipinski definition) is 0. The van der Waals surface area contributed by atoms with Gasteiger partial charge in [-0.2, -0.15) is 0 Å². The molecule has 0 radical (unpaired) electrons. The molecule has 0 N–H and O–H groups in total. The van der Waals surface area contributed by atoms with Crippen molar-refractivity contribution in [3.8, 4) is 44.5 Å². The van der Waals surface area contributed by atoms with Gasteiger partial charge in [-0.1, -0.05) is 176 Å². The highest BCUT2D eigenvalue weighted by atomic mass is 14.5. The lowest BCUT2D eigenvalue weighted by Crippen LogP contribution is -2.25. The van der Waals surface area contributed by atoms with Gasteiger partial charge in [0.15, 0.2) is 0 Å². The third kappa shape index (κ3) is 3.40. The molecule has 2 aliphatic carbocycles. The fourth-order valence-electron chi connectivity index (χ4n) is 10.0. The van der Waals surface area contributed by atoms with E-state index >= 15 is 0 Å². The van der Waals surface area contributed by atoms with Crippen LogP contribution >= 0.6 is 0 Å². The second-order valence-corrected chi connectivity index (χ2v) is 14.3. The van der Waals surface area contributed by atoms with Gasteiger partial charge in [0.1, 0.15) is 0 Å². The Hall–Kier alpha value is -6.50. The van der Waals surface area contributed by atoms with E-state index in [1.54, 1.807) is 0 Å². The van der Waals surface area contributed by atoms with Crippen molar-refractivity contribution in [1.82, 2.24) is 0 Å². The van der Waals surface area contributed by atoms with Crippen molar-refractivity contribution >= 4 is 43.1 Å². The van der Waals surface area contributed by atoms with Crippen LogP contribution in [-0.4, -0.2) is 0 Å². The maximum atomic E-state index is 2.53. The predicted molar refractivity (Wildman–Crippen MR) is 215 cm³/mol. The molecule has 0 saturated heterocycles. The van der Waals surface area contributed by atoms with Crippen molar-refractivity contribution in [3.63, 3.8) is 0 Å². The molecule has 1 spiro atoms. The molecule has 51 heavy (non-hydrogen) atoms. The molecule has 0 aliphatic heterocycles. The summed E-state index contributed by atoms with van der Waals surface area (Å²) in [6.07, 6.45) is 0. The molecule has 12 rings (SSSR count). The lowest BCUT2D eigenvalue weighted by molar-refractivity contribution is 0.795. The van der Waals surface area contributed by atoms with Crippen molar-refractivity contribution in [1.29, 1.82) is 0 Å². The van der Waals surface area contributed by atoms with Crippen LogP contribution in [0.15, 0.2) is 182 Å². The summed E-state index contributed by atoms with van der Waals surface area (Å²) in [6.45, 7) is 0.